The Morgan fingerprint density at radius 2 is 1.86 bits per heavy atom. The normalized spacial score (nSPS) is 11.4. The van der Waals surface area contributed by atoms with Crippen molar-refractivity contribution in [3.05, 3.63) is 36.5 Å². The fraction of sp³-hybridized carbons (Fsp3) is 0.111. The Morgan fingerprint density at radius 1 is 1.36 bits per heavy atom. The molecule has 3 nitrogen and oxygen atoms in total. The summed E-state index contributed by atoms with van der Waals surface area (Å²) in [5.74, 6) is -5.40. The van der Waals surface area contributed by atoms with E-state index in [9.17, 15) is 18.4 Å². The van der Waals surface area contributed by atoms with Crippen molar-refractivity contribution in [2.45, 2.75) is 0 Å². The standard InChI is InChI=1S/C9H8F2O3/c1-4-6(11)7(5(2)10)8(12)9(13)14-3/h4H,1-2H2,3H3. The number of carbonyl (C=O) groups excluding carboxylic acids is 2. The maximum Gasteiger partial charge on any atom is 0.379 e. The molecular weight excluding hydrogens is 194 g/mol. The molecule has 0 amide bonds. The second-order valence-corrected chi connectivity index (χ2v) is 2.15. The molecule has 0 saturated carbocycles. The maximum absolute atomic E-state index is 12.8. The number of rotatable bonds is 4. The quantitative estimate of drug-likeness (QED) is 0.301. The van der Waals surface area contributed by atoms with Gasteiger partial charge in [-0.25, -0.2) is 13.6 Å². The minimum absolute atomic E-state index is 0.598. The summed E-state index contributed by atoms with van der Waals surface area (Å²) in [6.07, 6.45) is 0.598. The third kappa shape index (κ3) is 2.62. The number of ether oxygens (including phenoxy) is 1. The molecule has 0 aliphatic carbocycles. The molecule has 0 aromatic carbocycles. The van der Waals surface area contributed by atoms with Gasteiger partial charge in [-0.15, -0.1) is 0 Å². The highest BCUT2D eigenvalue weighted by atomic mass is 19.1. The molecule has 0 aromatic rings. The second kappa shape index (κ2) is 5.06. The molecule has 0 unspecified atom stereocenters. The number of esters is 1. The van der Waals surface area contributed by atoms with Crippen LogP contribution in [0.15, 0.2) is 36.5 Å². The molecule has 5 heteroatoms. The van der Waals surface area contributed by atoms with Gasteiger partial charge in [0.25, 0.3) is 5.78 Å². The van der Waals surface area contributed by atoms with Gasteiger partial charge in [0.2, 0.25) is 0 Å². The zero-order valence-electron chi connectivity index (χ0n) is 7.47. The lowest BCUT2D eigenvalue weighted by molar-refractivity contribution is -0.149. The van der Waals surface area contributed by atoms with Crippen LogP contribution in [0.2, 0.25) is 0 Å². The average molecular weight is 202 g/mol. The lowest BCUT2D eigenvalue weighted by Gasteiger charge is -2.01. The van der Waals surface area contributed by atoms with E-state index >= 15 is 0 Å². The smallest absolute Gasteiger partial charge is 0.379 e. The molecular formula is C9H8F2O3. The summed E-state index contributed by atoms with van der Waals surface area (Å²) in [7, 11) is 0.921. The largest absolute Gasteiger partial charge is 0.463 e. The van der Waals surface area contributed by atoms with E-state index in [4.69, 9.17) is 0 Å². The van der Waals surface area contributed by atoms with E-state index in [1.54, 1.807) is 0 Å². The van der Waals surface area contributed by atoms with Gasteiger partial charge < -0.3 is 4.74 Å². The number of hydrogen-bond donors (Lipinski definition) is 0. The van der Waals surface area contributed by atoms with Gasteiger partial charge in [0.1, 0.15) is 17.2 Å². The van der Waals surface area contributed by atoms with Crippen molar-refractivity contribution in [3.63, 3.8) is 0 Å². The molecule has 0 N–H and O–H groups in total. The molecule has 0 aromatic heterocycles. The van der Waals surface area contributed by atoms with Crippen LogP contribution in [0.4, 0.5) is 8.78 Å². The maximum atomic E-state index is 12.8. The van der Waals surface area contributed by atoms with Crippen molar-refractivity contribution < 1.29 is 23.1 Å². The molecule has 0 heterocycles. The van der Waals surface area contributed by atoms with Gasteiger partial charge in [-0.2, -0.15) is 0 Å². The van der Waals surface area contributed by atoms with Crippen LogP contribution in [0.5, 0.6) is 0 Å². The van der Waals surface area contributed by atoms with Crippen molar-refractivity contribution in [2.24, 2.45) is 0 Å². The van der Waals surface area contributed by atoms with E-state index in [1.807, 2.05) is 0 Å². The summed E-state index contributed by atoms with van der Waals surface area (Å²) in [5.41, 5.74) is -1.06. The SMILES string of the molecule is C=CC(F)=C(C(=C)F)C(=O)C(=O)OC. The van der Waals surface area contributed by atoms with Gasteiger partial charge in [-0.1, -0.05) is 13.2 Å². The summed E-state index contributed by atoms with van der Waals surface area (Å²) in [5, 5.41) is 0. The highest BCUT2D eigenvalue weighted by molar-refractivity contribution is 6.41. The number of hydrogen-bond acceptors (Lipinski definition) is 3. The van der Waals surface area contributed by atoms with Gasteiger partial charge in [-0.05, 0) is 6.08 Å². The first-order chi connectivity index (χ1) is 6.45. The Bertz CT molecular complexity index is 329. The van der Waals surface area contributed by atoms with E-state index < -0.39 is 29.0 Å². The van der Waals surface area contributed by atoms with Crippen LogP contribution in [0.1, 0.15) is 0 Å². The van der Waals surface area contributed by atoms with Crippen LogP contribution in [0, 0.1) is 0 Å². The molecule has 0 bridgehead atoms. The predicted octanol–water partition coefficient (Wildman–Crippen LogP) is 1.62. The molecule has 0 rings (SSSR count). The Kier molecular flexibility index (Phi) is 4.42. The summed E-state index contributed by atoms with van der Waals surface area (Å²) < 4.78 is 29.4. The molecule has 14 heavy (non-hydrogen) atoms. The van der Waals surface area contributed by atoms with Gasteiger partial charge in [-0.3, -0.25) is 4.79 Å². The van der Waals surface area contributed by atoms with Gasteiger partial charge >= 0.3 is 5.97 Å². The van der Waals surface area contributed by atoms with Crippen molar-refractivity contribution in [1.82, 2.24) is 0 Å². The van der Waals surface area contributed by atoms with Crippen molar-refractivity contribution in [3.8, 4) is 0 Å². The van der Waals surface area contributed by atoms with E-state index in [0.29, 0.717) is 6.08 Å². The van der Waals surface area contributed by atoms with Gasteiger partial charge in [0.05, 0.1) is 7.11 Å². The fourth-order valence-electron chi connectivity index (χ4n) is 0.658. The fourth-order valence-corrected chi connectivity index (χ4v) is 0.658. The minimum Gasteiger partial charge on any atom is -0.463 e. The zero-order chi connectivity index (χ0) is 11.3. The Morgan fingerprint density at radius 3 is 2.14 bits per heavy atom. The van der Waals surface area contributed by atoms with Crippen molar-refractivity contribution in [1.29, 1.82) is 0 Å². The lowest BCUT2D eigenvalue weighted by atomic mass is 10.1. The number of carbonyl (C=O) groups is 2. The summed E-state index contributed by atoms with van der Waals surface area (Å²) >= 11 is 0. The topological polar surface area (TPSA) is 43.4 Å². The highest BCUT2D eigenvalue weighted by Gasteiger charge is 2.25. The number of halogens is 2. The Labute approximate surface area is 79.4 Å². The van der Waals surface area contributed by atoms with Crippen LogP contribution < -0.4 is 0 Å². The van der Waals surface area contributed by atoms with Crippen molar-refractivity contribution >= 4 is 11.8 Å². The van der Waals surface area contributed by atoms with Crippen LogP contribution in [-0.2, 0) is 14.3 Å². The first kappa shape index (κ1) is 12.2. The third-order valence-corrected chi connectivity index (χ3v) is 1.29. The Balaban J connectivity index is 5.26. The number of methoxy groups -OCH3 is 1. The molecule has 0 saturated heterocycles. The molecule has 0 atom stereocenters. The van der Waals surface area contributed by atoms with Crippen LogP contribution in [-0.4, -0.2) is 18.9 Å². The monoisotopic (exact) mass is 202 g/mol. The summed E-state index contributed by atoms with van der Waals surface area (Å²) in [6.45, 7) is 5.71. The minimum atomic E-state index is -1.43. The molecule has 0 aliphatic heterocycles. The molecule has 76 valence electrons. The highest BCUT2D eigenvalue weighted by Crippen LogP contribution is 2.18. The number of Topliss-reactive ketones (excluding diaryl/α,β-unsaturated/α-hetero) is 1. The summed E-state index contributed by atoms with van der Waals surface area (Å²) in [4.78, 5) is 21.7. The molecule has 0 radical (unpaired) electrons. The van der Waals surface area contributed by atoms with E-state index in [1.165, 1.54) is 0 Å². The van der Waals surface area contributed by atoms with E-state index in [0.717, 1.165) is 7.11 Å². The van der Waals surface area contributed by atoms with E-state index in [-0.39, 0.29) is 0 Å². The van der Waals surface area contributed by atoms with E-state index in [2.05, 4.69) is 17.9 Å². The van der Waals surface area contributed by atoms with Crippen molar-refractivity contribution in [2.75, 3.05) is 7.11 Å². The summed E-state index contributed by atoms with van der Waals surface area (Å²) in [6, 6.07) is 0. The first-order valence-electron chi connectivity index (χ1n) is 3.45. The first-order valence-corrected chi connectivity index (χ1v) is 3.45. The molecule has 0 aliphatic rings. The lowest BCUT2D eigenvalue weighted by Crippen LogP contribution is -2.18. The zero-order valence-corrected chi connectivity index (χ0v) is 7.47. The van der Waals surface area contributed by atoms with Gasteiger partial charge in [0.15, 0.2) is 0 Å². The van der Waals surface area contributed by atoms with Crippen LogP contribution in [0.25, 0.3) is 0 Å². The number of allylic oxidation sites excluding steroid dienone is 3. The molecule has 0 fully saturated rings. The third-order valence-electron chi connectivity index (χ3n) is 1.29. The van der Waals surface area contributed by atoms with Gasteiger partial charge in [0, 0.05) is 0 Å². The van der Waals surface area contributed by atoms with Crippen LogP contribution >= 0.6 is 0 Å². The molecule has 0 spiro atoms. The number of ketones is 1. The van der Waals surface area contributed by atoms with Crippen LogP contribution in [0.3, 0.4) is 0 Å². The Hall–Kier alpha value is -1.78. The predicted molar refractivity (Wildman–Crippen MR) is 45.6 cm³/mol. The second-order valence-electron chi connectivity index (χ2n) is 2.15. The average Bonchev–Trinajstić information content (AvgIpc) is 2.15.